The van der Waals surface area contributed by atoms with Gasteiger partial charge in [0.25, 0.3) is 11.2 Å². The molecule has 0 bridgehead atoms. The van der Waals surface area contributed by atoms with Crippen LogP contribution in [0.15, 0.2) is 29.1 Å². The van der Waals surface area contributed by atoms with Crippen molar-refractivity contribution in [1.29, 1.82) is 0 Å². The summed E-state index contributed by atoms with van der Waals surface area (Å²) in [6, 6.07) is 5.93. The number of nitrogens with one attached hydrogen (secondary N) is 1. The van der Waals surface area contributed by atoms with Crippen molar-refractivity contribution in [3.05, 3.63) is 45.9 Å². The standard InChI is InChI=1S/C14H13F3N2O5/c1-7-10(13(23,12(21)22)14(15,16)17)11(20)19(18-7)8-5-3-4-6-9(8)24-2/h3-6,18,23H,1-2H3,(H,21,22). The van der Waals surface area contributed by atoms with Crippen LogP contribution >= 0.6 is 0 Å². The summed E-state index contributed by atoms with van der Waals surface area (Å²) < 4.78 is 45.1. The molecule has 3 N–H and O–H groups in total. The monoisotopic (exact) mass is 346 g/mol. The Bertz CT molecular complexity index is 840. The normalized spacial score (nSPS) is 14.2. The van der Waals surface area contributed by atoms with Gasteiger partial charge in [-0.05, 0) is 19.1 Å². The van der Waals surface area contributed by atoms with Crippen LogP contribution in [0, 0.1) is 6.92 Å². The molecule has 0 amide bonds. The van der Waals surface area contributed by atoms with E-state index in [2.05, 4.69) is 5.10 Å². The molecule has 10 heteroatoms. The van der Waals surface area contributed by atoms with Gasteiger partial charge in [0, 0.05) is 5.69 Å². The number of alkyl halides is 3. The number of methoxy groups -OCH3 is 1. The molecule has 1 atom stereocenters. The van der Waals surface area contributed by atoms with E-state index in [1.165, 1.54) is 25.3 Å². The van der Waals surface area contributed by atoms with E-state index in [1.807, 2.05) is 0 Å². The number of aliphatic hydroxyl groups is 1. The number of aromatic amines is 1. The number of aromatic nitrogens is 2. The summed E-state index contributed by atoms with van der Waals surface area (Å²) in [5, 5.41) is 21.0. The van der Waals surface area contributed by atoms with Gasteiger partial charge in [-0.3, -0.25) is 9.89 Å². The molecule has 24 heavy (non-hydrogen) atoms. The Hall–Kier alpha value is -2.75. The Morgan fingerprint density at radius 3 is 2.38 bits per heavy atom. The summed E-state index contributed by atoms with van der Waals surface area (Å²) in [4.78, 5) is 23.5. The first kappa shape index (κ1) is 17.6. The molecule has 1 aromatic carbocycles. The third-order valence-corrected chi connectivity index (χ3v) is 3.48. The summed E-state index contributed by atoms with van der Waals surface area (Å²) in [7, 11) is 1.30. The highest BCUT2D eigenvalue weighted by Crippen LogP contribution is 2.39. The minimum atomic E-state index is -5.59. The number of aryl methyl sites for hydroxylation is 1. The van der Waals surface area contributed by atoms with Gasteiger partial charge in [0.1, 0.15) is 11.4 Å². The van der Waals surface area contributed by atoms with Gasteiger partial charge < -0.3 is 14.9 Å². The lowest BCUT2D eigenvalue weighted by molar-refractivity contribution is -0.265. The molecule has 0 aliphatic heterocycles. The fraction of sp³-hybridized carbons (Fsp3) is 0.286. The fourth-order valence-corrected chi connectivity index (χ4v) is 2.33. The van der Waals surface area contributed by atoms with Crippen LogP contribution in [0.1, 0.15) is 11.3 Å². The van der Waals surface area contributed by atoms with Crippen LogP contribution in [0.5, 0.6) is 5.75 Å². The summed E-state index contributed by atoms with van der Waals surface area (Å²) in [5.74, 6) is -2.43. The SMILES string of the molecule is COc1ccccc1-n1[nH]c(C)c(C(O)(C(=O)O)C(F)(F)F)c1=O. The zero-order chi connectivity index (χ0) is 18.3. The molecule has 1 unspecified atom stereocenters. The maximum Gasteiger partial charge on any atom is 0.432 e. The van der Waals surface area contributed by atoms with Gasteiger partial charge in [-0.15, -0.1) is 0 Å². The zero-order valence-electron chi connectivity index (χ0n) is 12.5. The molecule has 0 saturated heterocycles. The number of aliphatic carboxylic acids is 1. The topological polar surface area (TPSA) is 105 Å². The van der Waals surface area contributed by atoms with Crippen molar-refractivity contribution >= 4 is 5.97 Å². The maximum absolute atomic E-state index is 13.1. The Balaban J connectivity index is 2.80. The van der Waals surface area contributed by atoms with Crippen LogP contribution in [-0.4, -0.2) is 39.2 Å². The third kappa shape index (κ3) is 2.44. The lowest BCUT2D eigenvalue weighted by atomic mass is 9.93. The average Bonchev–Trinajstić information content (AvgIpc) is 2.80. The molecule has 0 saturated carbocycles. The summed E-state index contributed by atoms with van der Waals surface area (Å²) in [6.45, 7) is 1.06. The van der Waals surface area contributed by atoms with Crippen LogP contribution in [0.2, 0.25) is 0 Å². The Labute approximate surface area is 132 Å². The summed E-state index contributed by atoms with van der Waals surface area (Å²) in [5.41, 5.74) is -7.37. The molecule has 1 aromatic heterocycles. The number of nitrogens with zero attached hydrogens (tertiary/aromatic N) is 1. The number of para-hydroxylation sites is 2. The van der Waals surface area contributed by atoms with Gasteiger partial charge in [0.2, 0.25) is 0 Å². The molecule has 0 radical (unpaired) electrons. The number of rotatable bonds is 4. The number of ether oxygens (including phenoxy) is 1. The highest BCUT2D eigenvalue weighted by Gasteiger charge is 2.64. The number of carbonyl (C=O) groups is 1. The molecule has 0 spiro atoms. The van der Waals surface area contributed by atoms with Crippen molar-refractivity contribution in [1.82, 2.24) is 9.78 Å². The number of hydrogen-bond acceptors (Lipinski definition) is 4. The third-order valence-electron chi connectivity index (χ3n) is 3.48. The van der Waals surface area contributed by atoms with E-state index in [9.17, 15) is 27.9 Å². The average molecular weight is 346 g/mol. The fourth-order valence-electron chi connectivity index (χ4n) is 2.33. The lowest BCUT2D eigenvalue weighted by Gasteiger charge is -2.24. The predicted octanol–water partition coefficient (Wildman–Crippen LogP) is 1.32. The van der Waals surface area contributed by atoms with E-state index < -0.39 is 34.6 Å². The van der Waals surface area contributed by atoms with Gasteiger partial charge in [-0.1, -0.05) is 12.1 Å². The first-order valence-electron chi connectivity index (χ1n) is 6.53. The molecular weight excluding hydrogens is 333 g/mol. The number of carboxylic acid groups (broad SMARTS) is 1. The summed E-state index contributed by atoms with van der Waals surface area (Å²) in [6.07, 6.45) is -5.59. The number of carboxylic acids is 1. The van der Waals surface area contributed by atoms with Gasteiger partial charge in [0.15, 0.2) is 0 Å². The van der Waals surface area contributed by atoms with Crippen molar-refractivity contribution in [2.24, 2.45) is 0 Å². The van der Waals surface area contributed by atoms with Crippen LogP contribution < -0.4 is 10.3 Å². The molecule has 0 fully saturated rings. The van der Waals surface area contributed by atoms with Crippen molar-refractivity contribution in [2.45, 2.75) is 18.7 Å². The van der Waals surface area contributed by atoms with Crippen molar-refractivity contribution < 1.29 is 32.9 Å². The van der Waals surface area contributed by atoms with E-state index >= 15 is 0 Å². The van der Waals surface area contributed by atoms with E-state index in [1.54, 1.807) is 6.07 Å². The largest absolute Gasteiger partial charge is 0.494 e. The molecule has 130 valence electrons. The summed E-state index contributed by atoms with van der Waals surface area (Å²) >= 11 is 0. The second kappa shape index (κ2) is 5.71. The number of halogens is 3. The molecule has 0 aliphatic rings. The quantitative estimate of drug-likeness (QED) is 0.774. The lowest BCUT2D eigenvalue weighted by Crippen LogP contribution is -2.52. The first-order chi connectivity index (χ1) is 11.1. The molecule has 2 aromatic rings. The van der Waals surface area contributed by atoms with E-state index in [0.29, 0.717) is 4.68 Å². The number of benzene rings is 1. The highest BCUT2D eigenvalue weighted by molar-refractivity contribution is 5.80. The maximum atomic E-state index is 13.1. The molecule has 1 heterocycles. The number of hydrogen-bond donors (Lipinski definition) is 3. The first-order valence-corrected chi connectivity index (χ1v) is 6.53. The smallest absolute Gasteiger partial charge is 0.432 e. The van der Waals surface area contributed by atoms with Crippen LogP contribution in [-0.2, 0) is 10.4 Å². The van der Waals surface area contributed by atoms with E-state index in [0.717, 1.165) is 6.92 Å². The van der Waals surface area contributed by atoms with E-state index in [-0.39, 0.29) is 11.4 Å². The highest BCUT2D eigenvalue weighted by atomic mass is 19.4. The Kier molecular flexibility index (Phi) is 4.19. The van der Waals surface area contributed by atoms with Crippen LogP contribution in [0.25, 0.3) is 5.69 Å². The van der Waals surface area contributed by atoms with Crippen molar-refractivity contribution in [3.8, 4) is 11.4 Å². The van der Waals surface area contributed by atoms with E-state index in [4.69, 9.17) is 9.84 Å². The predicted molar refractivity (Wildman–Crippen MR) is 75.3 cm³/mol. The van der Waals surface area contributed by atoms with Gasteiger partial charge in [0.05, 0.1) is 12.7 Å². The van der Waals surface area contributed by atoms with Gasteiger partial charge in [-0.25, -0.2) is 9.48 Å². The number of H-pyrrole nitrogens is 1. The van der Waals surface area contributed by atoms with Crippen molar-refractivity contribution in [2.75, 3.05) is 7.11 Å². The van der Waals surface area contributed by atoms with Gasteiger partial charge in [-0.2, -0.15) is 13.2 Å². The Morgan fingerprint density at radius 1 is 1.29 bits per heavy atom. The molecule has 2 rings (SSSR count). The van der Waals surface area contributed by atoms with Crippen molar-refractivity contribution in [3.63, 3.8) is 0 Å². The second-order valence-electron chi connectivity index (χ2n) is 4.94. The second-order valence-corrected chi connectivity index (χ2v) is 4.94. The van der Waals surface area contributed by atoms with Crippen LogP contribution in [0.4, 0.5) is 13.2 Å². The van der Waals surface area contributed by atoms with Gasteiger partial charge >= 0.3 is 12.1 Å². The van der Waals surface area contributed by atoms with Crippen LogP contribution in [0.3, 0.4) is 0 Å². The molecule has 0 aliphatic carbocycles. The zero-order valence-corrected chi connectivity index (χ0v) is 12.5. The minimum Gasteiger partial charge on any atom is -0.494 e. The molecular formula is C14H13F3N2O5. The minimum absolute atomic E-state index is 0.0641. The molecule has 7 nitrogen and oxygen atoms in total. The Morgan fingerprint density at radius 2 is 1.88 bits per heavy atom.